The number of pyridine rings is 2. The van der Waals surface area contributed by atoms with Gasteiger partial charge in [0, 0.05) is 55.3 Å². The zero-order valence-corrected chi connectivity index (χ0v) is 16.8. The number of nitrogens with one attached hydrogen (secondary N) is 1. The van der Waals surface area contributed by atoms with Crippen LogP contribution in [0.25, 0.3) is 33.2 Å². The largest absolute Gasteiger partial charge is 0.367 e. The Morgan fingerprint density at radius 1 is 1.21 bits per heavy atom. The monoisotopic (exact) mass is 390 g/mol. The highest BCUT2D eigenvalue weighted by atomic mass is 19.1. The van der Waals surface area contributed by atoms with E-state index in [0.29, 0.717) is 17.2 Å². The van der Waals surface area contributed by atoms with Crippen LogP contribution in [-0.4, -0.2) is 45.4 Å². The third-order valence-corrected chi connectivity index (χ3v) is 5.56. The second-order valence-electron chi connectivity index (χ2n) is 7.89. The van der Waals surface area contributed by atoms with Crippen molar-refractivity contribution in [1.29, 1.82) is 0 Å². The zero-order valence-electron chi connectivity index (χ0n) is 16.8. The van der Waals surface area contributed by atoms with E-state index in [4.69, 9.17) is 4.98 Å². The summed E-state index contributed by atoms with van der Waals surface area (Å²) in [5.74, 6) is -0.339. The highest BCUT2D eigenvalue weighted by molar-refractivity contribution is 5.88. The molecule has 1 aromatic carbocycles. The molecule has 0 saturated carbocycles. The molecule has 1 saturated heterocycles. The van der Waals surface area contributed by atoms with Crippen molar-refractivity contribution in [3.05, 3.63) is 48.0 Å². The summed E-state index contributed by atoms with van der Waals surface area (Å²) in [6.07, 6.45) is 3.70. The summed E-state index contributed by atoms with van der Waals surface area (Å²) in [5.41, 5.74) is 4.70. The summed E-state index contributed by atoms with van der Waals surface area (Å²) in [6, 6.07) is 8.05. The van der Waals surface area contributed by atoms with Crippen molar-refractivity contribution in [3.8, 4) is 11.3 Å². The van der Waals surface area contributed by atoms with Gasteiger partial charge in [-0.3, -0.25) is 4.68 Å². The van der Waals surface area contributed by atoms with Crippen LogP contribution >= 0.6 is 0 Å². The van der Waals surface area contributed by atoms with Crippen LogP contribution in [0.4, 0.5) is 10.1 Å². The first-order chi connectivity index (χ1) is 14.0. The summed E-state index contributed by atoms with van der Waals surface area (Å²) in [4.78, 5) is 11.7. The Hall–Kier alpha value is -3.06. The minimum atomic E-state index is -0.339. The number of aromatic nitrogens is 4. The molecule has 0 radical (unpaired) electrons. The Morgan fingerprint density at radius 2 is 2.07 bits per heavy atom. The van der Waals surface area contributed by atoms with Crippen molar-refractivity contribution in [2.75, 3.05) is 24.5 Å². The van der Waals surface area contributed by atoms with Gasteiger partial charge in [0.25, 0.3) is 0 Å². The fourth-order valence-electron chi connectivity index (χ4n) is 4.10. The lowest BCUT2D eigenvalue weighted by Crippen LogP contribution is -2.49. The molecule has 1 atom stereocenters. The van der Waals surface area contributed by atoms with Crippen LogP contribution in [0.1, 0.15) is 12.5 Å². The molecular weight excluding hydrogens is 367 g/mol. The van der Waals surface area contributed by atoms with Crippen LogP contribution in [0.3, 0.4) is 0 Å². The maximum absolute atomic E-state index is 14.5. The molecule has 1 aliphatic heterocycles. The standard InChI is InChI=1S/C22H23FN6/c1-13-6-20(15-7-16-12-28(3)27-21(16)19(23)8-15)26-22-18(13)9-17(10-25-22)29-5-4-24-14(2)11-29/h6-10,12,14,24H,4-5,11H2,1-3H3/t14-/m0/s1. The van der Waals surface area contributed by atoms with Crippen molar-refractivity contribution < 1.29 is 4.39 Å². The minimum Gasteiger partial charge on any atom is -0.367 e. The lowest BCUT2D eigenvalue weighted by molar-refractivity contribution is 0.484. The quantitative estimate of drug-likeness (QED) is 0.568. The fraction of sp³-hybridized carbons (Fsp3) is 0.318. The van der Waals surface area contributed by atoms with Crippen molar-refractivity contribution >= 4 is 27.6 Å². The third-order valence-electron chi connectivity index (χ3n) is 5.56. The van der Waals surface area contributed by atoms with Crippen LogP contribution < -0.4 is 10.2 Å². The molecule has 148 valence electrons. The molecule has 29 heavy (non-hydrogen) atoms. The number of benzene rings is 1. The van der Waals surface area contributed by atoms with Gasteiger partial charge in [-0.05, 0) is 43.7 Å². The van der Waals surface area contributed by atoms with Crippen molar-refractivity contribution in [2.24, 2.45) is 7.05 Å². The van der Waals surface area contributed by atoms with Gasteiger partial charge in [0.1, 0.15) is 5.52 Å². The van der Waals surface area contributed by atoms with Gasteiger partial charge in [0.05, 0.1) is 17.6 Å². The maximum Gasteiger partial charge on any atom is 0.160 e. The first-order valence-electron chi connectivity index (χ1n) is 9.87. The molecule has 5 rings (SSSR count). The first kappa shape index (κ1) is 18.0. The van der Waals surface area contributed by atoms with E-state index in [1.54, 1.807) is 11.7 Å². The number of hydrogen-bond acceptors (Lipinski definition) is 5. The molecule has 6 nitrogen and oxygen atoms in total. The topological polar surface area (TPSA) is 58.9 Å². The smallest absolute Gasteiger partial charge is 0.160 e. The van der Waals surface area contributed by atoms with E-state index in [9.17, 15) is 4.39 Å². The molecule has 0 bridgehead atoms. The van der Waals surface area contributed by atoms with E-state index in [2.05, 4.69) is 40.2 Å². The molecule has 4 heterocycles. The predicted molar refractivity (Wildman–Crippen MR) is 114 cm³/mol. The first-order valence-corrected chi connectivity index (χ1v) is 9.87. The number of aryl methyl sites for hydroxylation is 2. The number of nitrogens with zero attached hydrogens (tertiary/aromatic N) is 5. The highest BCUT2D eigenvalue weighted by Crippen LogP contribution is 2.29. The Bertz CT molecular complexity index is 1230. The summed E-state index contributed by atoms with van der Waals surface area (Å²) in [5, 5.41) is 9.43. The second-order valence-corrected chi connectivity index (χ2v) is 7.89. The van der Waals surface area contributed by atoms with E-state index in [-0.39, 0.29) is 5.82 Å². The number of piperazine rings is 1. The fourth-order valence-corrected chi connectivity index (χ4v) is 4.10. The Kier molecular flexibility index (Phi) is 4.20. The number of anilines is 1. The van der Waals surface area contributed by atoms with E-state index >= 15 is 0 Å². The van der Waals surface area contributed by atoms with Crippen LogP contribution in [-0.2, 0) is 7.05 Å². The van der Waals surface area contributed by atoms with Crippen molar-refractivity contribution in [3.63, 3.8) is 0 Å². The van der Waals surface area contributed by atoms with Gasteiger partial charge in [-0.15, -0.1) is 0 Å². The lowest BCUT2D eigenvalue weighted by atomic mass is 10.0. The van der Waals surface area contributed by atoms with Gasteiger partial charge in [-0.25, -0.2) is 14.4 Å². The van der Waals surface area contributed by atoms with Gasteiger partial charge in [-0.2, -0.15) is 5.10 Å². The normalized spacial score (nSPS) is 17.4. The molecule has 7 heteroatoms. The zero-order chi connectivity index (χ0) is 20.1. The molecule has 0 unspecified atom stereocenters. The van der Waals surface area contributed by atoms with Crippen LogP contribution in [0.5, 0.6) is 0 Å². The molecule has 4 aromatic rings. The number of hydrogen-bond donors (Lipinski definition) is 1. The maximum atomic E-state index is 14.5. The third kappa shape index (κ3) is 3.21. The lowest BCUT2D eigenvalue weighted by Gasteiger charge is -2.33. The Morgan fingerprint density at radius 3 is 2.90 bits per heavy atom. The molecule has 1 fully saturated rings. The Labute approximate surface area is 168 Å². The van der Waals surface area contributed by atoms with Crippen LogP contribution in [0.15, 0.2) is 36.7 Å². The van der Waals surface area contributed by atoms with E-state index in [1.807, 2.05) is 24.5 Å². The summed E-state index contributed by atoms with van der Waals surface area (Å²) in [7, 11) is 1.79. The SMILES string of the molecule is Cc1cc(-c2cc(F)c3nn(C)cc3c2)nc2ncc(N3CCN[C@@H](C)C3)cc12. The molecular formula is C22H23FN6. The number of halogens is 1. The molecule has 1 N–H and O–H groups in total. The summed E-state index contributed by atoms with van der Waals surface area (Å²) >= 11 is 0. The van der Waals surface area contributed by atoms with Crippen LogP contribution in [0.2, 0.25) is 0 Å². The number of fused-ring (bicyclic) bond motifs is 2. The van der Waals surface area contributed by atoms with E-state index < -0.39 is 0 Å². The number of rotatable bonds is 2. The van der Waals surface area contributed by atoms with Crippen molar-refractivity contribution in [1.82, 2.24) is 25.1 Å². The predicted octanol–water partition coefficient (Wildman–Crippen LogP) is 3.43. The summed E-state index contributed by atoms with van der Waals surface area (Å²) in [6.45, 7) is 7.14. The van der Waals surface area contributed by atoms with E-state index in [0.717, 1.165) is 52.9 Å². The van der Waals surface area contributed by atoms with Gasteiger partial charge in [-0.1, -0.05) is 0 Å². The van der Waals surface area contributed by atoms with Gasteiger partial charge < -0.3 is 10.2 Å². The second kappa shape index (κ2) is 6.77. The molecule has 1 aliphatic rings. The molecule has 0 spiro atoms. The van der Waals surface area contributed by atoms with E-state index in [1.165, 1.54) is 6.07 Å². The van der Waals surface area contributed by atoms with Crippen LogP contribution in [0, 0.1) is 12.7 Å². The summed E-state index contributed by atoms with van der Waals surface area (Å²) < 4.78 is 16.1. The Balaban J connectivity index is 1.57. The van der Waals surface area contributed by atoms with Gasteiger partial charge in [0.15, 0.2) is 11.5 Å². The minimum absolute atomic E-state index is 0.339. The average Bonchev–Trinajstić information content (AvgIpc) is 3.08. The highest BCUT2D eigenvalue weighted by Gasteiger charge is 2.18. The molecule has 0 amide bonds. The average molecular weight is 390 g/mol. The molecule has 0 aliphatic carbocycles. The van der Waals surface area contributed by atoms with Gasteiger partial charge >= 0.3 is 0 Å². The van der Waals surface area contributed by atoms with Gasteiger partial charge in [0.2, 0.25) is 0 Å². The molecule has 3 aromatic heterocycles. The van der Waals surface area contributed by atoms with Crippen molar-refractivity contribution in [2.45, 2.75) is 19.9 Å².